The monoisotopic (exact) mass is 169 g/mol. The Hall–Kier alpha value is -0.340. The average Bonchev–Trinajstić information content (AvgIpc) is 2.04. The molecule has 0 spiro atoms. The van der Waals surface area contributed by atoms with Crippen LogP contribution in [0.3, 0.4) is 0 Å². The smallest absolute Gasteiger partial charge is 0.158 e. The van der Waals surface area contributed by atoms with Crippen LogP contribution in [0.25, 0.3) is 0 Å². The lowest BCUT2D eigenvalue weighted by Crippen LogP contribution is -2.35. The van der Waals surface area contributed by atoms with E-state index in [9.17, 15) is 0 Å². The van der Waals surface area contributed by atoms with E-state index in [4.69, 9.17) is 9.47 Å². The molecule has 1 aliphatic heterocycles. The lowest BCUT2D eigenvalue weighted by atomic mass is 10.1. The molecule has 1 saturated heterocycles. The van der Waals surface area contributed by atoms with Crippen LogP contribution in [0.15, 0.2) is 12.2 Å². The first kappa shape index (κ1) is 9.75. The topological polar surface area (TPSA) is 18.5 Å². The van der Waals surface area contributed by atoms with Gasteiger partial charge in [-0.05, 0) is 20.3 Å². The van der Waals surface area contributed by atoms with Crippen molar-refractivity contribution in [3.63, 3.8) is 0 Å². The van der Waals surface area contributed by atoms with E-state index < -0.39 is 0 Å². The van der Waals surface area contributed by atoms with Gasteiger partial charge in [-0.15, -0.1) is 0 Å². The van der Waals surface area contributed by atoms with Crippen molar-refractivity contribution in [3.8, 4) is 0 Å². The number of hydrogen-bond donors (Lipinski definition) is 0. The highest BCUT2D eigenvalue weighted by Gasteiger charge is 2.24. The fourth-order valence-electron chi connectivity index (χ4n) is 1.34. The summed E-state index contributed by atoms with van der Waals surface area (Å²) in [5, 5.41) is 0. The third-order valence-corrected chi connectivity index (χ3v) is 1.91. The molecule has 0 N–H and O–H groups in total. The Morgan fingerprint density at radius 1 is 1.50 bits per heavy atom. The molecule has 0 unspecified atom stereocenters. The quantitative estimate of drug-likeness (QED) is 0.590. The van der Waals surface area contributed by atoms with Crippen LogP contribution in [0.1, 0.15) is 26.7 Å². The molecule has 0 bridgehead atoms. The van der Waals surface area contributed by atoms with Crippen LogP contribution in [0, 0.1) is 6.92 Å². The largest absolute Gasteiger partial charge is 0.349 e. The van der Waals surface area contributed by atoms with E-state index in [0.29, 0.717) is 0 Å². The fourth-order valence-corrected chi connectivity index (χ4v) is 1.34. The number of hydrogen-bond acceptors (Lipinski definition) is 2. The highest BCUT2D eigenvalue weighted by molar-refractivity contribution is 4.90. The molecule has 12 heavy (non-hydrogen) atoms. The normalized spacial score (nSPS) is 37.4. The molecule has 3 atom stereocenters. The Bertz CT molecular complexity index is 154. The molecule has 1 rings (SSSR count). The van der Waals surface area contributed by atoms with Crippen LogP contribution >= 0.6 is 0 Å². The van der Waals surface area contributed by atoms with Crippen LogP contribution in [0.2, 0.25) is 0 Å². The lowest BCUT2D eigenvalue weighted by Gasteiger charge is -2.32. The first-order valence-corrected chi connectivity index (χ1v) is 4.53. The van der Waals surface area contributed by atoms with E-state index in [1.165, 1.54) is 0 Å². The summed E-state index contributed by atoms with van der Waals surface area (Å²) in [5.41, 5.74) is 0. The molecule has 1 aliphatic rings. The maximum absolute atomic E-state index is 5.60. The van der Waals surface area contributed by atoms with Gasteiger partial charge in [0.1, 0.15) is 0 Å². The molecule has 2 heteroatoms. The maximum Gasteiger partial charge on any atom is 0.158 e. The average molecular weight is 169 g/mol. The predicted octanol–water partition coefficient (Wildman–Crippen LogP) is 2.31. The van der Waals surface area contributed by atoms with E-state index in [1.54, 1.807) is 0 Å². The Morgan fingerprint density at radius 2 is 2.25 bits per heavy atom. The second kappa shape index (κ2) is 4.63. The second-order valence-electron chi connectivity index (χ2n) is 3.03. The van der Waals surface area contributed by atoms with Crippen LogP contribution in [-0.4, -0.2) is 18.5 Å². The minimum Gasteiger partial charge on any atom is -0.349 e. The van der Waals surface area contributed by atoms with E-state index in [0.717, 1.165) is 12.8 Å². The second-order valence-corrected chi connectivity index (χ2v) is 3.03. The first-order valence-electron chi connectivity index (χ1n) is 4.53. The Morgan fingerprint density at radius 3 is 2.83 bits per heavy atom. The third kappa shape index (κ3) is 2.61. The van der Waals surface area contributed by atoms with Gasteiger partial charge in [-0.25, -0.2) is 0 Å². The third-order valence-electron chi connectivity index (χ3n) is 1.91. The molecule has 0 aliphatic carbocycles. The summed E-state index contributed by atoms with van der Waals surface area (Å²) in [5.74, 6) is 0. The van der Waals surface area contributed by atoms with Gasteiger partial charge in [0.15, 0.2) is 6.29 Å². The molecular weight excluding hydrogens is 152 g/mol. The van der Waals surface area contributed by atoms with Gasteiger partial charge >= 0.3 is 0 Å². The molecule has 2 nitrogen and oxygen atoms in total. The number of rotatable bonds is 2. The van der Waals surface area contributed by atoms with E-state index >= 15 is 0 Å². The minimum atomic E-state index is -0.0672. The summed E-state index contributed by atoms with van der Waals surface area (Å²) in [4.78, 5) is 0. The molecule has 0 aromatic carbocycles. The molecule has 0 aromatic heterocycles. The Balaban J connectivity index is 2.45. The number of allylic oxidation sites excluding steroid dienone is 1. The lowest BCUT2D eigenvalue weighted by molar-refractivity contribution is -0.221. The molecule has 1 radical (unpaired) electrons. The molecule has 1 fully saturated rings. The van der Waals surface area contributed by atoms with Gasteiger partial charge in [0.25, 0.3) is 0 Å². The highest BCUT2D eigenvalue weighted by atomic mass is 16.7. The summed E-state index contributed by atoms with van der Waals surface area (Å²) in [6.45, 7) is 7.94. The van der Waals surface area contributed by atoms with Crippen molar-refractivity contribution in [3.05, 3.63) is 19.1 Å². The van der Waals surface area contributed by atoms with E-state index in [1.807, 2.05) is 13.0 Å². The zero-order valence-corrected chi connectivity index (χ0v) is 7.82. The van der Waals surface area contributed by atoms with Crippen molar-refractivity contribution >= 4 is 0 Å². The van der Waals surface area contributed by atoms with Crippen LogP contribution in [0.4, 0.5) is 0 Å². The molecule has 0 saturated carbocycles. The van der Waals surface area contributed by atoms with E-state index in [2.05, 4.69) is 19.9 Å². The summed E-state index contributed by atoms with van der Waals surface area (Å²) in [6.07, 6.45) is 6.02. The molecule has 69 valence electrons. The first-order chi connectivity index (χ1) is 5.76. The Labute approximate surface area is 74.6 Å². The van der Waals surface area contributed by atoms with Crippen LogP contribution < -0.4 is 0 Å². The highest BCUT2D eigenvalue weighted by Crippen LogP contribution is 2.20. The van der Waals surface area contributed by atoms with Gasteiger partial charge < -0.3 is 9.47 Å². The van der Waals surface area contributed by atoms with Crippen molar-refractivity contribution < 1.29 is 9.47 Å². The molecular formula is C10H17O2. The van der Waals surface area contributed by atoms with Gasteiger partial charge in [-0.1, -0.05) is 19.1 Å². The van der Waals surface area contributed by atoms with Crippen molar-refractivity contribution in [2.45, 2.75) is 45.2 Å². The van der Waals surface area contributed by atoms with Crippen molar-refractivity contribution in [1.29, 1.82) is 0 Å². The summed E-state index contributed by atoms with van der Waals surface area (Å²) in [7, 11) is 0. The summed E-state index contributed by atoms with van der Waals surface area (Å²) in [6, 6.07) is 0. The SMILES string of the molecule is [CH2][C@@H]1C[C@H](/C=C/C)O[C@H](CC)O1. The summed E-state index contributed by atoms with van der Waals surface area (Å²) < 4.78 is 11.0. The molecule has 1 heterocycles. The minimum absolute atomic E-state index is 0.0672. The van der Waals surface area contributed by atoms with Gasteiger partial charge in [-0.3, -0.25) is 0 Å². The van der Waals surface area contributed by atoms with Gasteiger partial charge in [0, 0.05) is 6.42 Å². The van der Waals surface area contributed by atoms with Gasteiger partial charge in [0.05, 0.1) is 12.2 Å². The van der Waals surface area contributed by atoms with Crippen LogP contribution in [-0.2, 0) is 9.47 Å². The molecule has 0 amide bonds. The predicted molar refractivity (Wildman–Crippen MR) is 48.6 cm³/mol. The van der Waals surface area contributed by atoms with Gasteiger partial charge in [-0.2, -0.15) is 0 Å². The maximum atomic E-state index is 5.60. The zero-order valence-electron chi connectivity index (χ0n) is 7.82. The van der Waals surface area contributed by atoms with Crippen molar-refractivity contribution in [2.24, 2.45) is 0 Å². The summed E-state index contributed by atoms with van der Waals surface area (Å²) >= 11 is 0. The van der Waals surface area contributed by atoms with Crippen LogP contribution in [0.5, 0.6) is 0 Å². The number of ether oxygens (including phenoxy) is 2. The van der Waals surface area contributed by atoms with E-state index in [-0.39, 0.29) is 18.5 Å². The van der Waals surface area contributed by atoms with Crippen molar-refractivity contribution in [2.75, 3.05) is 0 Å². The fraction of sp³-hybridized carbons (Fsp3) is 0.700. The van der Waals surface area contributed by atoms with Gasteiger partial charge in [0.2, 0.25) is 0 Å². The van der Waals surface area contributed by atoms with Crippen molar-refractivity contribution in [1.82, 2.24) is 0 Å². The Kier molecular flexibility index (Phi) is 3.76. The zero-order chi connectivity index (χ0) is 8.97. The standard InChI is InChI=1S/C10H17O2/c1-4-6-9-7-8(3)11-10(5-2)12-9/h4,6,8-10H,3,5,7H2,1-2H3/b6-4+/t8-,9+,10-/m1/s1. The molecule has 0 aromatic rings.